The van der Waals surface area contributed by atoms with Gasteiger partial charge in [-0.25, -0.2) is 4.79 Å². The zero-order chi connectivity index (χ0) is 46.8. The van der Waals surface area contributed by atoms with Crippen molar-refractivity contribution in [1.29, 1.82) is 0 Å². The van der Waals surface area contributed by atoms with Gasteiger partial charge in [-0.1, -0.05) is 76.2 Å². The number of nitrogens with one attached hydrogen (secondary N) is 6. The molecule has 0 fully saturated rings. The Morgan fingerprint density at radius 1 is 0.650 bits per heavy atom. The van der Waals surface area contributed by atoms with Gasteiger partial charge in [-0.2, -0.15) is 0 Å². The van der Waals surface area contributed by atoms with Crippen LogP contribution >= 0.6 is 0 Å². The summed E-state index contributed by atoms with van der Waals surface area (Å²) in [6.45, 7) is 21.1. The van der Waals surface area contributed by atoms with Gasteiger partial charge in [0, 0.05) is 34.6 Å². The number of nitrogens with zero attached hydrogens (tertiary/aromatic N) is 3. The van der Waals surface area contributed by atoms with Crippen LogP contribution in [0.3, 0.4) is 0 Å². The van der Waals surface area contributed by atoms with Crippen LogP contribution in [-0.4, -0.2) is 139 Å². The van der Waals surface area contributed by atoms with Gasteiger partial charge in [-0.15, -0.1) is 0 Å². The number of urea groups is 1. The minimum atomic E-state index is -1.69. The highest BCUT2D eigenvalue weighted by Crippen LogP contribution is 2.20. The summed E-state index contributed by atoms with van der Waals surface area (Å²) in [5.41, 5.74) is -1.69. The van der Waals surface area contributed by atoms with Crippen LogP contribution in [0.25, 0.3) is 0 Å². The Labute approximate surface area is 358 Å². The Morgan fingerprint density at radius 3 is 1.55 bits per heavy atom. The Hall–Kier alpha value is -4.61. The van der Waals surface area contributed by atoms with Crippen molar-refractivity contribution in [2.75, 3.05) is 34.7 Å². The average Bonchev–Trinajstić information content (AvgIpc) is 3.14. The Kier molecular flexibility index (Phi) is 23.9. The van der Waals surface area contributed by atoms with E-state index in [-0.39, 0.29) is 55.4 Å². The first-order valence-electron chi connectivity index (χ1n) is 21.1. The molecule has 0 aromatic heterocycles. The lowest BCUT2D eigenvalue weighted by atomic mass is 9.93. The Morgan fingerprint density at radius 2 is 1.13 bits per heavy atom. The largest absolute Gasteiger partial charge is 0.357 e. The number of rotatable bonds is 25. The molecule has 0 heterocycles. The van der Waals surface area contributed by atoms with Gasteiger partial charge in [-0.3, -0.25) is 49.0 Å². The van der Waals surface area contributed by atoms with Crippen LogP contribution in [0.2, 0.25) is 0 Å². The zero-order valence-electron chi connectivity index (χ0n) is 39.1. The molecular weight excluding hydrogens is 775 g/mol. The Balaban J connectivity index is 6.22. The van der Waals surface area contributed by atoms with Gasteiger partial charge in [0.1, 0.15) is 29.8 Å². The van der Waals surface area contributed by atoms with E-state index in [1.807, 2.05) is 48.5 Å². The summed E-state index contributed by atoms with van der Waals surface area (Å²) in [5.74, 6) is -4.79. The minimum absolute atomic E-state index is 0.0924. The molecule has 18 heteroatoms. The van der Waals surface area contributed by atoms with E-state index in [2.05, 4.69) is 31.9 Å². The predicted octanol–water partition coefficient (Wildman–Crippen LogP) is 1.76. The molecule has 0 aliphatic carbocycles. The van der Waals surface area contributed by atoms with E-state index in [9.17, 15) is 43.2 Å². The van der Waals surface area contributed by atoms with Crippen molar-refractivity contribution < 1.29 is 43.2 Å². The van der Waals surface area contributed by atoms with Crippen LogP contribution < -0.4 is 31.9 Å². The van der Waals surface area contributed by atoms with E-state index in [0.29, 0.717) is 19.1 Å². The second-order valence-electron chi connectivity index (χ2n) is 17.8. The van der Waals surface area contributed by atoms with Crippen LogP contribution in [0.1, 0.15) is 115 Å². The fraction of sp³-hybridized carbons (Fsp3) is 0.786. The third-order valence-electron chi connectivity index (χ3n) is 9.99. The molecule has 0 saturated carbocycles. The first-order chi connectivity index (χ1) is 27.7. The topological polar surface area (TPSA) is 236 Å². The number of likely N-dealkylation sites (N-methyl/N-ethyl adjacent to an activating group) is 4. The summed E-state index contributed by atoms with van der Waals surface area (Å²) >= 11 is 0. The molecule has 6 N–H and O–H groups in total. The molecule has 0 rings (SSSR count). The maximum atomic E-state index is 14.3. The summed E-state index contributed by atoms with van der Waals surface area (Å²) < 4.78 is 0. The van der Waals surface area contributed by atoms with Gasteiger partial charge in [0.15, 0.2) is 6.29 Å². The lowest BCUT2D eigenvalue weighted by molar-refractivity contribution is -0.144. The van der Waals surface area contributed by atoms with Crippen molar-refractivity contribution in [3.8, 4) is 0 Å². The molecule has 0 bridgehead atoms. The lowest BCUT2D eigenvalue weighted by Crippen LogP contribution is -2.68. The van der Waals surface area contributed by atoms with Gasteiger partial charge in [-0.05, 0) is 62.2 Å². The molecule has 0 aliphatic heterocycles. The summed E-state index contributed by atoms with van der Waals surface area (Å²) in [6, 6.07) is -6.28. The summed E-state index contributed by atoms with van der Waals surface area (Å²) in [4.78, 5) is 123. The molecule has 344 valence electrons. The number of carbonyl (C=O) groups excluding carboxylic acids is 9. The van der Waals surface area contributed by atoms with Crippen molar-refractivity contribution >= 4 is 53.7 Å². The second-order valence-corrected chi connectivity index (χ2v) is 17.8. The first kappa shape index (κ1) is 55.4. The van der Waals surface area contributed by atoms with Gasteiger partial charge >= 0.3 is 6.03 Å². The van der Waals surface area contributed by atoms with Crippen molar-refractivity contribution in [1.82, 2.24) is 46.6 Å². The molecule has 60 heavy (non-hydrogen) atoms. The number of aldehydes is 1. The quantitative estimate of drug-likeness (QED) is 0.0576. The number of carbonyl (C=O) groups is 9. The van der Waals surface area contributed by atoms with E-state index in [1.165, 1.54) is 49.8 Å². The highest BCUT2D eigenvalue weighted by atomic mass is 16.2. The number of hydrogen-bond acceptors (Lipinski definition) is 10. The first-order valence-corrected chi connectivity index (χ1v) is 21.1. The zero-order valence-corrected chi connectivity index (χ0v) is 39.1. The maximum absolute atomic E-state index is 14.3. The van der Waals surface area contributed by atoms with Crippen LogP contribution in [0, 0.1) is 29.6 Å². The minimum Gasteiger partial charge on any atom is -0.357 e. The van der Waals surface area contributed by atoms with Gasteiger partial charge < -0.3 is 36.0 Å². The molecule has 6 atom stereocenters. The molecule has 9 amide bonds. The van der Waals surface area contributed by atoms with Crippen molar-refractivity contribution in [2.24, 2.45) is 29.6 Å². The van der Waals surface area contributed by atoms with E-state index in [1.54, 1.807) is 27.7 Å². The molecule has 0 aromatic rings. The van der Waals surface area contributed by atoms with E-state index >= 15 is 0 Å². The van der Waals surface area contributed by atoms with Gasteiger partial charge in [0.25, 0.3) is 0 Å². The highest BCUT2D eigenvalue weighted by Gasteiger charge is 2.41. The maximum Gasteiger partial charge on any atom is 0.322 e. The molecular formula is C42H77N9O9. The van der Waals surface area contributed by atoms with Crippen molar-refractivity contribution in [2.45, 2.75) is 151 Å². The molecule has 0 aromatic carbocycles. The van der Waals surface area contributed by atoms with Crippen LogP contribution in [-0.2, 0) is 38.4 Å². The van der Waals surface area contributed by atoms with E-state index in [0.717, 1.165) is 0 Å². The van der Waals surface area contributed by atoms with E-state index < -0.39 is 83.3 Å². The van der Waals surface area contributed by atoms with Gasteiger partial charge in [0.05, 0.1) is 12.6 Å². The normalized spacial score (nSPS) is 14.9. The highest BCUT2D eigenvalue weighted by molar-refractivity contribution is 6.01. The molecule has 6 unspecified atom stereocenters. The van der Waals surface area contributed by atoms with Crippen LogP contribution in [0.5, 0.6) is 0 Å². The number of amides is 9. The number of hydrogen-bond donors (Lipinski definition) is 6. The summed E-state index contributed by atoms with van der Waals surface area (Å²) in [7, 11) is 5.90. The van der Waals surface area contributed by atoms with Crippen molar-refractivity contribution in [3.05, 3.63) is 0 Å². The standard InChI is InChI=1S/C42H77N9O9/c1-17-18-33(54)49(14)22-32(53)47-42(23-52,21-26(6)7)48-35(28(10)11)40(59)51(16)31(20-25(4)5)38(57)44-29(12)36(55)46-41(60)45-34(27(8)9)39(58)50(15)30(19-24(2)3)37(56)43-13/h23-31,34-35,48H,17-22H2,1-16H3,(H,43,56)(H,44,57)(H,47,53)(H2,45,46,55,60). The fourth-order valence-corrected chi connectivity index (χ4v) is 6.66. The molecule has 0 saturated heterocycles. The molecule has 0 aliphatic rings. The third kappa shape index (κ3) is 17.9. The predicted molar refractivity (Wildman–Crippen MR) is 230 cm³/mol. The van der Waals surface area contributed by atoms with Gasteiger partial charge in [0.2, 0.25) is 41.4 Å². The molecule has 0 spiro atoms. The Bertz CT molecular complexity index is 1490. The lowest BCUT2D eigenvalue weighted by Gasteiger charge is -2.39. The van der Waals surface area contributed by atoms with Crippen LogP contribution in [0.4, 0.5) is 4.79 Å². The van der Waals surface area contributed by atoms with Crippen LogP contribution in [0.15, 0.2) is 0 Å². The second kappa shape index (κ2) is 25.9. The smallest absolute Gasteiger partial charge is 0.322 e. The summed E-state index contributed by atoms with van der Waals surface area (Å²) in [6.07, 6.45) is 2.09. The number of imide groups is 1. The fourth-order valence-electron chi connectivity index (χ4n) is 6.66. The monoisotopic (exact) mass is 852 g/mol. The average molecular weight is 852 g/mol. The SMILES string of the molecule is CCCC(=O)N(C)CC(=O)NC(C=O)(CC(C)C)NC(C(=O)N(C)C(CC(C)C)C(=O)NC(C)C(=O)NC(=O)NC(C(=O)N(C)C(CC(C)C)C(=O)NC)C(C)C)C(C)C. The van der Waals surface area contributed by atoms with Crippen molar-refractivity contribution in [3.63, 3.8) is 0 Å². The molecule has 0 radical (unpaired) electrons. The van der Waals surface area contributed by atoms with E-state index in [4.69, 9.17) is 0 Å². The summed E-state index contributed by atoms with van der Waals surface area (Å²) in [5, 5.41) is 15.7. The molecule has 18 nitrogen and oxygen atoms in total. The third-order valence-corrected chi connectivity index (χ3v) is 9.99.